The zero-order chi connectivity index (χ0) is 22.8. The molecular formula is C20H25F2N7O2. The average molecular weight is 433 g/mol. The van der Waals surface area contributed by atoms with Gasteiger partial charge in [-0.2, -0.15) is 19.2 Å². The molecule has 2 unspecified atom stereocenters. The quantitative estimate of drug-likeness (QED) is 0.705. The van der Waals surface area contributed by atoms with Crippen LogP contribution in [0.15, 0.2) is 12.4 Å². The van der Waals surface area contributed by atoms with Gasteiger partial charge in [0, 0.05) is 33.2 Å². The molecule has 0 saturated carbocycles. The molecule has 3 rings (SSSR count). The third-order valence-corrected chi connectivity index (χ3v) is 5.25. The Morgan fingerprint density at radius 3 is 2.87 bits per heavy atom. The Labute approximate surface area is 179 Å². The van der Waals surface area contributed by atoms with Crippen molar-refractivity contribution < 1.29 is 18.3 Å². The first-order valence-electron chi connectivity index (χ1n) is 9.88. The van der Waals surface area contributed by atoms with Gasteiger partial charge in [-0.3, -0.25) is 9.64 Å². The standard InChI is InChI=1S/C20H25F2N7O2/c1-12-17(10-29(27-12)20(3,4)23-5)25-19-24-8-15(21)18(26-19)31-11-14-6-7-28(13(2)30)9-16(14)22/h8,10,14,16H,6-7,9,11H2,1-4H3,(H,24,25,26). The van der Waals surface area contributed by atoms with Crippen molar-refractivity contribution in [3.8, 4) is 5.88 Å². The Kier molecular flexibility index (Phi) is 6.38. The normalized spacial score (nSPS) is 19.1. The molecule has 0 bridgehead atoms. The molecule has 31 heavy (non-hydrogen) atoms. The van der Waals surface area contributed by atoms with Crippen LogP contribution in [0, 0.1) is 25.2 Å². The van der Waals surface area contributed by atoms with Gasteiger partial charge >= 0.3 is 5.66 Å². The van der Waals surface area contributed by atoms with Crippen LogP contribution in [-0.4, -0.2) is 56.4 Å². The third kappa shape index (κ3) is 5.07. The molecule has 3 heterocycles. The van der Waals surface area contributed by atoms with Crippen LogP contribution < -0.4 is 10.1 Å². The lowest BCUT2D eigenvalue weighted by atomic mass is 9.96. The second-order valence-electron chi connectivity index (χ2n) is 7.99. The minimum atomic E-state index is -1.25. The van der Waals surface area contributed by atoms with Crippen LogP contribution in [-0.2, 0) is 10.5 Å². The number of aryl methyl sites for hydroxylation is 1. The lowest BCUT2D eigenvalue weighted by Gasteiger charge is -2.33. The fourth-order valence-electron chi connectivity index (χ4n) is 3.16. The minimum absolute atomic E-state index is 0.00659. The Hall–Kier alpha value is -3.29. The summed E-state index contributed by atoms with van der Waals surface area (Å²) in [6.07, 6.45) is 1.79. The highest BCUT2D eigenvalue weighted by Crippen LogP contribution is 2.26. The lowest BCUT2D eigenvalue weighted by Crippen LogP contribution is -2.45. The summed E-state index contributed by atoms with van der Waals surface area (Å²) in [5.74, 6) is -1.59. The van der Waals surface area contributed by atoms with Gasteiger partial charge < -0.3 is 15.0 Å². The molecule has 0 radical (unpaired) electrons. The van der Waals surface area contributed by atoms with E-state index in [4.69, 9.17) is 11.3 Å². The Balaban J connectivity index is 1.68. The van der Waals surface area contributed by atoms with Gasteiger partial charge in [-0.1, -0.05) is 0 Å². The summed E-state index contributed by atoms with van der Waals surface area (Å²) in [5.41, 5.74) is 0.322. The molecule has 1 amide bonds. The van der Waals surface area contributed by atoms with Gasteiger partial charge in [0.05, 0.1) is 36.9 Å². The smallest absolute Gasteiger partial charge is 0.319 e. The van der Waals surface area contributed by atoms with E-state index in [9.17, 15) is 13.6 Å². The number of carbonyl (C=O) groups is 1. The Morgan fingerprint density at radius 1 is 1.48 bits per heavy atom. The molecule has 1 fully saturated rings. The van der Waals surface area contributed by atoms with E-state index < -0.39 is 23.6 Å². The van der Waals surface area contributed by atoms with Gasteiger partial charge in [-0.25, -0.2) is 15.9 Å². The van der Waals surface area contributed by atoms with Crippen LogP contribution in [0.1, 0.15) is 32.9 Å². The van der Waals surface area contributed by atoms with Crippen molar-refractivity contribution in [2.24, 2.45) is 5.92 Å². The SMILES string of the molecule is [C-]#[N+]C(C)(C)n1cc(Nc2ncc(F)c(OCC3CCN(C(C)=O)CC3F)n2)c(C)n1. The Morgan fingerprint density at radius 2 is 2.23 bits per heavy atom. The summed E-state index contributed by atoms with van der Waals surface area (Å²) < 4.78 is 35.5. The van der Waals surface area contributed by atoms with Crippen molar-refractivity contribution in [1.82, 2.24) is 24.6 Å². The maximum atomic E-state index is 14.4. The van der Waals surface area contributed by atoms with E-state index in [0.29, 0.717) is 24.3 Å². The predicted octanol–water partition coefficient (Wildman–Crippen LogP) is 3.06. The highest BCUT2D eigenvalue weighted by atomic mass is 19.1. The fourth-order valence-corrected chi connectivity index (χ4v) is 3.16. The molecule has 11 heteroatoms. The maximum Gasteiger partial charge on any atom is 0.319 e. The van der Waals surface area contributed by atoms with E-state index >= 15 is 0 Å². The highest BCUT2D eigenvalue weighted by molar-refractivity contribution is 5.73. The summed E-state index contributed by atoms with van der Waals surface area (Å²) in [6.45, 7) is 14.3. The number of hydrogen-bond donors (Lipinski definition) is 1. The van der Waals surface area contributed by atoms with Crippen LogP contribution in [0.4, 0.5) is 20.4 Å². The second-order valence-corrected chi connectivity index (χ2v) is 7.99. The number of nitrogens with one attached hydrogen (secondary N) is 1. The van der Waals surface area contributed by atoms with Gasteiger partial charge in [0.1, 0.15) is 6.17 Å². The number of nitrogens with zero attached hydrogens (tertiary/aromatic N) is 6. The van der Waals surface area contributed by atoms with Crippen molar-refractivity contribution >= 4 is 17.5 Å². The molecule has 1 N–H and O–H groups in total. The molecule has 2 atom stereocenters. The fraction of sp³-hybridized carbons (Fsp3) is 0.550. The molecule has 2 aromatic rings. The summed E-state index contributed by atoms with van der Waals surface area (Å²) in [5, 5.41) is 7.27. The molecule has 0 spiro atoms. The molecule has 9 nitrogen and oxygen atoms in total. The molecular weight excluding hydrogens is 408 g/mol. The van der Waals surface area contributed by atoms with Crippen molar-refractivity contribution in [3.63, 3.8) is 0 Å². The van der Waals surface area contributed by atoms with Crippen LogP contribution >= 0.6 is 0 Å². The van der Waals surface area contributed by atoms with Crippen molar-refractivity contribution in [2.45, 2.75) is 46.0 Å². The van der Waals surface area contributed by atoms with Crippen LogP contribution in [0.3, 0.4) is 0 Å². The number of rotatable bonds is 6. The molecule has 1 aliphatic rings. The number of alkyl halides is 1. The van der Waals surface area contributed by atoms with Crippen molar-refractivity contribution in [2.75, 3.05) is 25.0 Å². The Bertz CT molecular complexity index is 1000. The van der Waals surface area contributed by atoms with Crippen LogP contribution in [0.2, 0.25) is 0 Å². The number of likely N-dealkylation sites (tertiary alicyclic amines) is 1. The number of amides is 1. The van der Waals surface area contributed by atoms with Gasteiger partial charge in [0.25, 0.3) is 5.88 Å². The van der Waals surface area contributed by atoms with Crippen molar-refractivity contribution in [1.29, 1.82) is 0 Å². The lowest BCUT2D eigenvalue weighted by molar-refractivity contribution is -0.132. The van der Waals surface area contributed by atoms with Crippen LogP contribution in [0.5, 0.6) is 5.88 Å². The third-order valence-electron chi connectivity index (χ3n) is 5.25. The number of anilines is 2. The number of aromatic nitrogens is 4. The number of piperidine rings is 1. The predicted molar refractivity (Wildman–Crippen MR) is 109 cm³/mol. The highest BCUT2D eigenvalue weighted by Gasteiger charge is 2.31. The molecule has 1 aliphatic heterocycles. The van der Waals surface area contributed by atoms with Gasteiger partial charge in [0.2, 0.25) is 17.7 Å². The first-order valence-corrected chi connectivity index (χ1v) is 9.88. The number of halogens is 2. The van der Waals surface area contributed by atoms with E-state index in [1.54, 1.807) is 27.0 Å². The molecule has 166 valence electrons. The van der Waals surface area contributed by atoms with Gasteiger partial charge in [-0.05, 0) is 13.3 Å². The maximum absolute atomic E-state index is 14.4. The summed E-state index contributed by atoms with van der Waals surface area (Å²) in [4.78, 5) is 24.3. The first-order chi connectivity index (χ1) is 14.6. The number of hydrogen-bond acceptors (Lipinski definition) is 6. The molecule has 0 aromatic carbocycles. The van der Waals surface area contributed by atoms with Crippen molar-refractivity contribution in [3.05, 3.63) is 35.3 Å². The van der Waals surface area contributed by atoms with E-state index in [0.717, 1.165) is 6.20 Å². The van der Waals surface area contributed by atoms with Gasteiger partial charge in [0.15, 0.2) is 0 Å². The van der Waals surface area contributed by atoms with Crippen LogP contribution in [0.25, 0.3) is 4.85 Å². The van der Waals surface area contributed by atoms with Gasteiger partial charge in [-0.15, -0.1) is 0 Å². The molecule has 0 aliphatic carbocycles. The monoisotopic (exact) mass is 433 g/mol. The summed E-state index contributed by atoms with van der Waals surface area (Å²) in [7, 11) is 0. The number of carbonyl (C=O) groups excluding carboxylic acids is 1. The molecule has 2 aromatic heterocycles. The minimum Gasteiger partial charge on any atom is -0.475 e. The molecule has 1 saturated heterocycles. The van der Waals surface area contributed by atoms with E-state index in [-0.39, 0.29) is 30.9 Å². The first kappa shape index (κ1) is 22.4. The zero-order valence-corrected chi connectivity index (χ0v) is 17.9. The zero-order valence-electron chi connectivity index (χ0n) is 17.9. The summed E-state index contributed by atoms with van der Waals surface area (Å²) in [6, 6.07) is 0. The number of ether oxygens (including phenoxy) is 1. The summed E-state index contributed by atoms with van der Waals surface area (Å²) >= 11 is 0. The van der Waals surface area contributed by atoms with E-state index in [2.05, 4.69) is 25.2 Å². The van der Waals surface area contributed by atoms with E-state index in [1.807, 2.05) is 0 Å². The van der Waals surface area contributed by atoms with E-state index in [1.165, 1.54) is 16.5 Å². The largest absolute Gasteiger partial charge is 0.475 e. The topological polar surface area (TPSA) is 89.5 Å². The second kappa shape index (κ2) is 8.83. The average Bonchev–Trinajstić information content (AvgIpc) is 3.10.